The Balaban J connectivity index is 1.58. The summed E-state index contributed by atoms with van der Waals surface area (Å²) in [6, 6.07) is 13.8. The van der Waals surface area contributed by atoms with Crippen LogP contribution in [0.1, 0.15) is 22.8 Å². The van der Waals surface area contributed by atoms with Crippen LogP contribution in [-0.4, -0.2) is 38.2 Å². The summed E-state index contributed by atoms with van der Waals surface area (Å²) in [5, 5.41) is 17.5. The quantitative estimate of drug-likeness (QED) is 0.533. The normalized spacial score (nSPS) is 10.7. The molecule has 1 heterocycles. The van der Waals surface area contributed by atoms with Crippen molar-refractivity contribution in [2.24, 2.45) is 5.10 Å². The van der Waals surface area contributed by atoms with E-state index >= 15 is 0 Å². The van der Waals surface area contributed by atoms with E-state index < -0.39 is 0 Å². The van der Waals surface area contributed by atoms with Gasteiger partial charge in [-0.15, -0.1) is 5.10 Å². The predicted molar refractivity (Wildman–Crippen MR) is 95.0 cm³/mol. The van der Waals surface area contributed by atoms with E-state index in [4.69, 9.17) is 0 Å². The SMILES string of the molecule is CC(=O)Nc1ccc(/C=N/NC(=O)c2ccc(-n3cnnn3)cc2)cc1. The lowest BCUT2D eigenvalue weighted by atomic mass is 10.2. The third-order valence-corrected chi connectivity index (χ3v) is 3.35. The maximum absolute atomic E-state index is 12.1. The number of hydrazone groups is 1. The number of aromatic nitrogens is 4. The van der Waals surface area contributed by atoms with E-state index in [2.05, 4.69) is 31.4 Å². The van der Waals surface area contributed by atoms with Gasteiger partial charge in [0.25, 0.3) is 5.91 Å². The van der Waals surface area contributed by atoms with E-state index in [0.29, 0.717) is 11.3 Å². The molecule has 3 rings (SSSR count). The number of carbonyl (C=O) groups is 2. The maximum Gasteiger partial charge on any atom is 0.271 e. The number of benzene rings is 2. The van der Waals surface area contributed by atoms with E-state index in [1.165, 1.54) is 24.1 Å². The van der Waals surface area contributed by atoms with Crippen molar-refractivity contribution in [2.45, 2.75) is 6.92 Å². The van der Waals surface area contributed by atoms with Gasteiger partial charge in [0.05, 0.1) is 11.9 Å². The first kappa shape index (κ1) is 17.0. The average Bonchev–Trinajstić information content (AvgIpc) is 3.17. The largest absolute Gasteiger partial charge is 0.326 e. The number of amides is 2. The van der Waals surface area contributed by atoms with Gasteiger partial charge in [0.1, 0.15) is 6.33 Å². The molecule has 0 fully saturated rings. The van der Waals surface area contributed by atoms with E-state index in [1.54, 1.807) is 48.5 Å². The Morgan fingerprint density at radius 1 is 1.08 bits per heavy atom. The topological polar surface area (TPSA) is 114 Å². The Bertz CT molecular complexity index is 917. The van der Waals surface area contributed by atoms with Crippen molar-refractivity contribution in [1.82, 2.24) is 25.6 Å². The molecule has 1 aromatic heterocycles. The van der Waals surface area contributed by atoms with Gasteiger partial charge in [-0.1, -0.05) is 12.1 Å². The Morgan fingerprint density at radius 2 is 1.81 bits per heavy atom. The number of nitrogens with one attached hydrogen (secondary N) is 2. The van der Waals surface area contributed by atoms with Crippen molar-refractivity contribution in [2.75, 3.05) is 5.32 Å². The minimum absolute atomic E-state index is 0.134. The van der Waals surface area contributed by atoms with Crippen LogP contribution in [0.4, 0.5) is 5.69 Å². The van der Waals surface area contributed by atoms with Gasteiger partial charge in [-0.25, -0.2) is 10.1 Å². The highest BCUT2D eigenvalue weighted by atomic mass is 16.2. The van der Waals surface area contributed by atoms with Gasteiger partial charge in [0, 0.05) is 18.2 Å². The summed E-state index contributed by atoms with van der Waals surface area (Å²) >= 11 is 0. The van der Waals surface area contributed by atoms with Gasteiger partial charge in [-0.3, -0.25) is 9.59 Å². The number of hydrogen-bond donors (Lipinski definition) is 2. The third-order valence-electron chi connectivity index (χ3n) is 3.35. The van der Waals surface area contributed by atoms with Crippen LogP contribution in [0.25, 0.3) is 5.69 Å². The van der Waals surface area contributed by atoms with Crippen LogP contribution in [0.2, 0.25) is 0 Å². The molecular formula is C17H15N7O2. The first-order chi connectivity index (χ1) is 12.6. The minimum atomic E-state index is -0.334. The molecule has 0 aliphatic carbocycles. The second kappa shape index (κ2) is 7.79. The molecule has 26 heavy (non-hydrogen) atoms. The monoisotopic (exact) mass is 349 g/mol. The fraction of sp³-hybridized carbons (Fsp3) is 0.0588. The molecule has 2 aromatic carbocycles. The Kier molecular flexibility index (Phi) is 5.08. The molecule has 0 radical (unpaired) electrons. The lowest BCUT2D eigenvalue weighted by Gasteiger charge is -2.03. The lowest BCUT2D eigenvalue weighted by molar-refractivity contribution is -0.114. The molecule has 0 bridgehead atoms. The standard InChI is InChI=1S/C17H15N7O2/c1-12(25)20-15-6-2-13(3-7-15)10-18-21-17(26)14-4-8-16(9-5-14)24-11-19-22-23-24/h2-11H,1H3,(H,20,25)(H,21,26)/b18-10+. The van der Waals surface area contributed by atoms with Crippen molar-refractivity contribution >= 4 is 23.7 Å². The van der Waals surface area contributed by atoms with E-state index in [-0.39, 0.29) is 11.8 Å². The summed E-state index contributed by atoms with van der Waals surface area (Å²) in [7, 11) is 0. The first-order valence-electron chi connectivity index (χ1n) is 7.66. The summed E-state index contributed by atoms with van der Waals surface area (Å²) < 4.78 is 1.49. The van der Waals surface area contributed by atoms with Gasteiger partial charge < -0.3 is 5.32 Å². The van der Waals surface area contributed by atoms with Gasteiger partial charge in [-0.2, -0.15) is 5.10 Å². The zero-order chi connectivity index (χ0) is 18.4. The van der Waals surface area contributed by atoms with E-state index in [0.717, 1.165) is 11.3 Å². The highest BCUT2D eigenvalue weighted by molar-refractivity contribution is 5.95. The molecule has 0 saturated carbocycles. The summed E-state index contributed by atoms with van der Waals surface area (Å²) in [5.74, 6) is -0.468. The second-order valence-corrected chi connectivity index (χ2v) is 5.30. The molecule has 3 aromatic rings. The molecule has 2 amide bonds. The number of carbonyl (C=O) groups excluding carboxylic acids is 2. The third kappa shape index (κ3) is 4.35. The first-order valence-corrected chi connectivity index (χ1v) is 7.66. The Labute approximate surface area is 148 Å². The molecule has 9 nitrogen and oxygen atoms in total. The second-order valence-electron chi connectivity index (χ2n) is 5.30. The highest BCUT2D eigenvalue weighted by Crippen LogP contribution is 2.09. The van der Waals surface area contributed by atoms with Crippen molar-refractivity contribution in [1.29, 1.82) is 0 Å². The number of anilines is 1. The van der Waals surface area contributed by atoms with Gasteiger partial charge >= 0.3 is 0 Å². The summed E-state index contributed by atoms with van der Waals surface area (Å²) in [6.45, 7) is 1.44. The molecule has 0 aliphatic rings. The lowest BCUT2D eigenvalue weighted by Crippen LogP contribution is -2.17. The predicted octanol–water partition coefficient (Wildman–Crippen LogP) is 1.38. The Morgan fingerprint density at radius 3 is 2.42 bits per heavy atom. The van der Waals surface area contributed by atoms with Crippen molar-refractivity contribution < 1.29 is 9.59 Å². The van der Waals surface area contributed by atoms with E-state index in [9.17, 15) is 9.59 Å². The van der Waals surface area contributed by atoms with Crippen LogP contribution in [0.3, 0.4) is 0 Å². The number of rotatable bonds is 5. The number of hydrogen-bond acceptors (Lipinski definition) is 6. The molecule has 130 valence electrons. The highest BCUT2D eigenvalue weighted by Gasteiger charge is 2.05. The van der Waals surface area contributed by atoms with Gasteiger partial charge in [0.2, 0.25) is 5.91 Å². The molecule has 0 atom stereocenters. The number of nitrogens with zero attached hydrogens (tertiary/aromatic N) is 5. The number of tetrazole rings is 1. The Hall–Kier alpha value is -3.88. The van der Waals surface area contributed by atoms with Crippen molar-refractivity contribution in [3.63, 3.8) is 0 Å². The fourth-order valence-electron chi connectivity index (χ4n) is 2.13. The van der Waals surface area contributed by atoms with Crippen LogP contribution < -0.4 is 10.7 Å². The zero-order valence-electron chi connectivity index (χ0n) is 13.8. The molecule has 9 heteroatoms. The van der Waals surface area contributed by atoms with Crippen molar-refractivity contribution in [3.05, 3.63) is 66.0 Å². The maximum atomic E-state index is 12.1. The zero-order valence-corrected chi connectivity index (χ0v) is 13.8. The minimum Gasteiger partial charge on any atom is -0.326 e. The average molecular weight is 349 g/mol. The van der Waals surface area contributed by atoms with E-state index in [1.807, 2.05) is 0 Å². The van der Waals surface area contributed by atoms with Crippen LogP contribution in [0.15, 0.2) is 60.0 Å². The van der Waals surface area contributed by atoms with Crippen LogP contribution in [0, 0.1) is 0 Å². The smallest absolute Gasteiger partial charge is 0.271 e. The molecular weight excluding hydrogens is 334 g/mol. The molecule has 0 aliphatic heterocycles. The van der Waals surface area contributed by atoms with Gasteiger partial charge in [0.15, 0.2) is 0 Å². The van der Waals surface area contributed by atoms with Crippen LogP contribution >= 0.6 is 0 Å². The van der Waals surface area contributed by atoms with Gasteiger partial charge in [-0.05, 0) is 52.4 Å². The molecule has 0 spiro atoms. The van der Waals surface area contributed by atoms with Crippen molar-refractivity contribution in [3.8, 4) is 5.69 Å². The van der Waals surface area contributed by atoms with Crippen LogP contribution in [-0.2, 0) is 4.79 Å². The molecule has 0 unspecified atom stereocenters. The molecule has 0 saturated heterocycles. The fourth-order valence-corrected chi connectivity index (χ4v) is 2.13. The summed E-state index contributed by atoms with van der Waals surface area (Å²) in [6.07, 6.45) is 2.99. The molecule has 2 N–H and O–H groups in total. The summed E-state index contributed by atoms with van der Waals surface area (Å²) in [5.41, 5.74) is 5.15. The van der Waals surface area contributed by atoms with Crippen LogP contribution in [0.5, 0.6) is 0 Å². The summed E-state index contributed by atoms with van der Waals surface area (Å²) in [4.78, 5) is 23.1.